The van der Waals surface area contributed by atoms with Crippen LogP contribution in [0.1, 0.15) is 26.3 Å². The molecule has 1 atom stereocenters. The normalized spacial score (nSPS) is 18.3. The summed E-state index contributed by atoms with van der Waals surface area (Å²) in [7, 11) is 1.34. The average Bonchev–Trinajstić information content (AvgIpc) is 2.52. The number of ether oxygens (including phenoxy) is 2. The van der Waals surface area contributed by atoms with E-state index in [9.17, 15) is 9.59 Å². The summed E-state index contributed by atoms with van der Waals surface area (Å²) in [5, 5.41) is 0. The lowest BCUT2D eigenvalue weighted by atomic mass is 10.1. The van der Waals surface area contributed by atoms with Crippen molar-refractivity contribution in [3.05, 3.63) is 29.8 Å². The van der Waals surface area contributed by atoms with Crippen LogP contribution < -0.4 is 4.90 Å². The van der Waals surface area contributed by atoms with Crippen LogP contribution in [0, 0.1) is 6.92 Å². The molecular formula is C18H26N2O4. The first-order valence-corrected chi connectivity index (χ1v) is 8.11. The smallest absolute Gasteiger partial charge is 0.411 e. The van der Waals surface area contributed by atoms with E-state index in [-0.39, 0.29) is 0 Å². The second-order valence-electron chi connectivity index (χ2n) is 6.95. The Balaban J connectivity index is 2.20. The molecule has 0 bridgehead atoms. The van der Waals surface area contributed by atoms with Crippen LogP contribution in [0.25, 0.3) is 0 Å². The van der Waals surface area contributed by atoms with E-state index < -0.39 is 23.7 Å². The number of carbonyl (C=O) groups is 2. The lowest BCUT2D eigenvalue weighted by molar-refractivity contribution is -0.147. The maximum Gasteiger partial charge on any atom is 0.411 e. The van der Waals surface area contributed by atoms with Crippen LogP contribution in [-0.4, -0.2) is 55.3 Å². The SMILES string of the molecule is COC(=O)[C@@H]1CN(c2ccccc2C)CCN1C(=O)OC(C)(C)C. The predicted octanol–water partition coefficient (Wildman–Crippen LogP) is 2.59. The number of benzene rings is 1. The third-order valence-corrected chi connectivity index (χ3v) is 3.94. The zero-order valence-electron chi connectivity index (χ0n) is 15.0. The van der Waals surface area contributed by atoms with Gasteiger partial charge in [-0.25, -0.2) is 9.59 Å². The molecule has 1 aromatic rings. The van der Waals surface area contributed by atoms with Crippen molar-refractivity contribution in [3.8, 4) is 0 Å². The number of esters is 1. The van der Waals surface area contributed by atoms with Crippen LogP contribution in [0.2, 0.25) is 0 Å². The summed E-state index contributed by atoms with van der Waals surface area (Å²) in [6, 6.07) is 7.32. The predicted molar refractivity (Wildman–Crippen MR) is 92.1 cm³/mol. The molecule has 1 fully saturated rings. The Bertz CT molecular complexity index is 609. The van der Waals surface area contributed by atoms with E-state index in [1.807, 2.05) is 52.0 Å². The van der Waals surface area contributed by atoms with E-state index in [0.29, 0.717) is 19.6 Å². The summed E-state index contributed by atoms with van der Waals surface area (Å²) < 4.78 is 10.3. The van der Waals surface area contributed by atoms with E-state index in [1.165, 1.54) is 12.0 Å². The molecule has 1 amide bonds. The largest absolute Gasteiger partial charge is 0.467 e. The fourth-order valence-corrected chi connectivity index (χ4v) is 2.80. The number of nitrogens with zero attached hydrogens (tertiary/aromatic N) is 2. The first kappa shape index (κ1) is 18.1. The van der Waals surface area contributed by atoms with Crippen molar-refractivity contribution in [2.45, 2.75) is 39.3 Å². The summed E-state index contributed by atoms with van der Waals surface area (Å²) in [6.45, 7) is 8.88. The number of aryl methyl sites for hydroxylation is 1. The summed E-state index contributed by atoms with van der Waals surface area (Å²) in [5.74, 6) is -0.431. The number of anilines is 1. The quantitative estimate of drug-likeness (QED) is 0.778. The van der Waals surface area contributed by atoms with E-state index in [1.54, 1.807) is 0 Å². The van der Waals surface area contributed by atoms with Crippen molar-refractivity contribution in [2.75, 3.05) is 31.6 Å². The average molecular weight is 334 g/mol. The molecule has 0 N–H and O–H groups in total. The van der Waals surface area contributed by atoms with Crippen LogP contribution in [0.4, 0.5) is 10.5 Å². The van der Waals surface area contributed by atoms with E-state index in [0.717, 1.165) is 11.3 Å². The molecule has 0 aliphatic carbocycles. The molecule has 132 valence electrons. The van der Waals surface area contributed by atoms with E-state index in [4.69, 9.17) is 9.47 Å². The van der Waals surface area contributed by atoms with Crippen molar-refractivity contribution in [3.63, 3.8) is 0 Å². The minimum Gasteiger partial charge on any atom is -0.467 e. The molecule has 6 nitrogen and oxygen atoms in total. The lowest BCUT2D eigenvalue weighted by Gasteiger charge is -2.41. The zero-order chi connectivity index (χ0) is 17.9. The maximum absolute atomic E-state index is 12.4. The molecule has 2 rings (SSSR count). The Morgan fingerprint density at radius 3 is 2.42 bits per heavy atom. The lowest BCUT2D eigenvalue weighted by Crippen LogP contribution is -2.59. The molecule has 24 heavy (non-hydrogen) atoms. The standard InChI is InChI=1S/C18H26N2O4/c1-13-8-6-7-9-14(13)19-10-11-20(15(12-19)16(21)23-5)17(22)24-18(2,3)4/h6-9,15H,10-12H2,1-5H3/t15-/m0/s1. The number of amides is 1. The highest BCUT2D eigenvalue weighted by atomic mass is 16.6. The third-order valence-electron chi connectivity index (χ3n) is 3.94. The number of piperazine rings is 1. The highest BCUT2D eigenvalue weighted by Crippen LogP contribution is 2.24. The number of para-hydroxylation sites is 1. The number of carbonyl (C=O) groups excluding carboxylic acids is 2. The van der Waals surface area contributed by atoms with Gasteiger partial charge in [-0.05, 0) is 39.3 Å². The van der Waals surface area contributed by atoms with Crippen LogP contribution in [0.15, 0.2) is 24.3 Å². The van der Waals surface area contributed by atoms with E-state index >= 15 is 0 Å². The highest BCUT2D eigenvalue weighted by molar-refractivity contribution is 5.83. The fraction of sp³-hybridized carbons (Fsp3) is 0.556. The van der Waals surface area contributed by atoms with Crippen LogP contribution in [0.3, 0.4) is 0 Å². The molecular weight excluding hydrogens is 308 g/mol. The van der Waals surface area contributed by atoms with Gasteiger partial charge >= 0.3 is 12.1 Å². The minimum absolute atomic E-state index is 0.386. The van der Waals surface area contributed by atoms with Crippen LogP contribution in [0.5, 0.6) is 0 Å². The molecule has 0 radical (unpaired) electrons. The van der Waals surface area contributed by atoms with Crippen molar-refractivity contribution in [2.24, 2.45) is 0 Å². The monoisotopic (exact) mass is 334 g/mol. The minimum atomic E-state index is -0.682. The van der Waals surface area contributed by atoms with Gasteiger partial charge in [0.25, 0.3) is 0 Å². The third kappa shape index (κ3) is 4.19. The Kier molecular flexibility index (Phi) is 5.36. The van der Waals surface area contributed by atoms with Crippen LogP contribution >= 0.6 is 0 Å². The molecule has 1 saturated heterocycles. The fourth-order valence-electron chi connectivity index (χ4n) is 2.80. The highest BCUT2D eigenvalue weighted by Gasteiger charge is 2.38. The topological polar surface area (TPSA) is 59.1 Å². The number of hydrogen-bond acceptors (Lipinski definition) is 5. The van der Waals surface area contributed by atoms with Gasteiger partial charge in [0.15, 0.2) is 6.04 Å². The second-order valence-corrected chi connectivity index (χ2v) is 6.95. The van der Waals surface area contributed by atoms with Gasteiger partial charge in [-0.1, -0.05) is 18.2 Å². The van der Waals surface area contributed by atoms with Crippen molar-refractivity contribution in [1.29, 1.82) is 0 Å². The molecule has 1 aliphatic rings. The van der Waals surface area contributed by atoms with Gasteiger partial charge in [-0.3, -0.25) is 4.90 Å². The Morgan fingerprint density at radius 2 is 1.83 bits per heavy atom. The first-order valence-electron chi connectivity index (χ1n) is 8.11. The van der Waals surface area contributed by atoms with Gasteiger partial charge in [0.1, 0.15) is 5.60 Å². The number of hydrogen-bond donors (Lipinski definition) is 0. The van der Waals surface area contributed by atoms with Crippen LogP contribution in [-0.2, 0) is 14.3 Å². The Labute approximate surface area is 143 Å². The van der Waals surface area contributed by atoms with Gasteiger partial charge in [-0.2, -0.15) is 0 Å². The van der Waals surface area contributed by atoms with Gasteiger partial charge in [-0.15, -0.1) is 0 Å². The van der Waals surface area contributed by atoms with Crippen molar-refractivity contribution < 1.29 is 19.1 Å². The van der Waals surface area contributed by atoms with Gasteiger partial charge in [0.2, 0.25) is 0 Å². The molecule has 0 aromatic heterocycles. The number of rotatable bonds is 2. The zero-order valence-corrected chi connectivity index (χ0v) is 15.0. The summed E-state index contributed by atoms with van der Waals surface area (Å²) >= 11 is 0. The summed E-state index contributed by atoms with van der Waals surface area (Å²) in [5.41, 5.74) is 1.59. The molecule has 0 unspecified atom stereocenters. The molecule has 1 aliphatic heterocycles. The molecule has 6 heteroatoms. The Hall–Kier alpha value is -2.24. The van der Waals surface area contributed by atoms with Gasteiger partial charge < -0.3 is 14.4 Å². The summed E-state index contributed by atoms with van der Waals surface area (Å²) in [4.78, 5) is 28.2. The second kappa shape index (κ2) is 7.11. The van der Waals surface area contributed by atoms with Gasteiger partial charge in [0.05, 0.1) is 7.11 Å². The first-order chi connectivity index (χ1) is 11.2. The molecule has 1 heterocycles. The summed E-state index contributed by atoms with van der Waals surface area (Å²) in [6.07, 6.45) is -0.484. The molecule has 1 aromatic carbocycles. The van der Waals surface area contributed by atoms with Crippen molar-refractivity contribution >= 4 is 17.7 Å². The van der Waals surface area contributed by atoms with Crippen molar-refractivity contribution in [1.82, 2.24) is 4.90 Å². The molecule has 0 spiro atoms. The number of methoxy groups -OCH3 is 1. The van der Waals surface area contributed by atoms with Gasteiger partial charge in [0, 0.05) is 25.3 Å². The van der Waals surface area contributed by atoms with E-state index in [2.05, 4.69) is 4.90 Å². The Morgan fingerprint density at radius 1 is 1.17 bits per heavy atom. The molecule has 0 saturated carbocycles. The maximum atomic E-state index is 12.4.